The number of amides is 1. The number of morpholine rings is 1. The molecule has 0 saturated carbocycles. The van der Waals surface area contributed by atoms with E-state index in [2.05, 4.69) is 4.99 Å². The van der Waals surface area contributed by atoms with Crippen molar-refractivity contribution < 1.29 is 17.9 Å². The minimum atomic E-state index is -3.52. The molecule has 0 aliphatic carbocycles. The molecule has 4 rings (SSSR count). The van der Waals surface area contributed by atoms with Crippen molar-refractivity contribution in [3.63, 3.8) is 0 Å². The Morgan fingerprint density at radius 2 is 1.58 bits per heavy atom. The van der Waals surface area contributed by atoms with Crippen LogP contribution in [0.4, 0.5) is 0 Å². The van der Waals surface area contributed by atoms with Gasteiger partial charge in [-0.2, -0.15) is 9.30 Å². The Hall–Kier alpha value is -3.07. The van der Waals surface area contributed by atoms with Crippen molar-refractivity contribution in [2.45, 2.75) is 24.3 Å². The minimum absolute atomic E-state index is 0.215. The fraction of sp³-hybridized carbons (Fsp3) is 0.280. The Labute approximate surface area is 194 Å². The van der Waals surface area contributed by atoms with Crippen LogP contribution in [-0.2, 0) is 32.5 Å². The zero-order valence-corrected chi connectivity index (χ0v) is 19.2. The third kappa shape index (κ3) is 6.04. The van der Waals surface area contributed by atoms with E-state index in [0.717, 1.165) is 11.1 Å². The molecule has 8 heteroatoms. The predicted octanol–water partition coefficient (Wildman–Crippen LogP) is 2.62. The van der Waals surface area contributed by atoms with Crippen LogP contribution in [0.15, 0.2) is 88.9 Å². The molecule has 1 aliphatic heterocycles. The van der Waals surface area contributed by atoms with Crippen LogP contribution in [0.25, 0.3) is 0 Å². The van der Waals surface area contributed by atoms with Crippen molar-refractivity contribution in [2.24, 2.45) is 4.99 Å². The second kappa shape index (κ2) is 10.7. The van der Waals surface area contributed by atoms with E-state index in [-0.39, 0.29) is 17.2 Å². The Balaban J connectivity index is 1.40. The highest BCUT2D eigenvalue weighted by Gasteiger charge is 2.26. The summed E-state index contributed by atoms with van der Waals surface area (Å²) in [6.07, 6.45) is 2.65. The number of benzene rings is 2. The Kier molecular flexibility index (Phi) is 7.49. The van der Waals surface area contributed by atoms with Crippen molar-refractivity contribution in [1.29, 1.82) is 0 Å². The zero-order chi connectivity index (χ0) is 23.1. The SMILES string of the molecule is O=C(CCc1ccc(S(=O)(=O)N2CCOCC2)cc1)N=c1ccccn1Cc1ccccc1. The smallest absolute Gasteiger partial charge is 0.247 e. The molecular weight excluding hydrogens is 438 g/mol. The summed E-state index contributed by atoms with van der Waals surface area (Å²) in [5.41, 5.74) is 2.63. The Morgan fingerprint density at radius 1 is 0.879 bits per heavy atom. The molecule has 0 atom stereocenters. The molecule has 1 amide bonds. The van der Waals surface area contributed by atoms with Crippen molar-refractivity contribution in [2.75, 3.05) is 26.3 Å². The molecule has 172 valence electrons. The third-order valence-electron chi connectivity index (χ3n) is 5.51. The quantitative estimate of drug-likeness (QED) is 0.537. The molecule has 1 aliphatic rings. The van der Waals surface area contributed by atoms with Crippen molar-refractivity contribution in [3.8, 4) is 0 Å². The van der Waals surface area contributed by atoms with E-state index in [1.807, 2.05) is 59.3 Å². The van der Waals surface area contributed by atoms with E-state index in [0.29, 0.717) is 44.8 Å². The van der Waals surface area contributed by atoms with Crippen LogP contribution in [-0.4, -0.2) is 49.5 Å². The largest absolute Gasteiger partial charge is 0.379 e. The summed E-state index contributed by atoms with van der Waals surface area (Å²) in [4.78, 5) is 17.1. The number of carbonyl (C=O) groups excluding carboxylic acids is 1. The average molecular weight is 466 g/mol. The summed E-state index contributed by atoms with van der Waals surface area (Å²) in [6, 6.07) is 22.3. The summed E-state index contributed by atoms with van der Waals surface area (Å²) in [5, 5.41) is 0. The zero-order valence-electron chi connectivity index (χ0n) is 18.3. The lowest BCUT2D eigenvalue weighted by Gasteiger charge is -2.26. The first-order valence-corrected chi connectivity index (χ1v) is 12.4. The van der Waals surface area contributed by atoms with Gasteiger partial charge in [-0.15, -0.1) is 0 Å². The van der Waals surface area contributed by atoms with Crippen LogP contribution < -0.4 is 5.49 Å². The summed E-state index contributed by atoms with van der Waals surface area (Å²) >= 11 is 0. The maximum Gasteiger partial charge on any atom is 0.247 e. The second-order valence-electron chi connectivity index (χ2n) is 7.84. The number of ether oxygens (including phenoxy) is 1. The van der Waals surface area contributed by atoms with Gasteiger partial charge in [0.1, 0.15) is 5.49 Å². The van der Waals surface area contributed by atoms with Crippen LogP contribution in [0.1, 0.15) is 17.5 Å². The highest BCUT2D eigenvalue weighted by atomic mass is 32.2. The molecule has 0 spiro atoms. The van der Waals surface area contributed by atoms with Gasteiger partial charge >= 0.3 is 0 Å². The van der Waals surface area contributed by atoms with Gasteiger partial charge in [-0.1, -0.05) is 48.5 Å². The number of hydrogen-bond donors (Lipinski definition) is 0. The number of aromatic nitrogens is 1. The summed E-state index contributed by atoms with van der Waals surface area (Å²) in [6.45, 7) is 2.19. The van der Waals surface area contributed by atoms with Gasteiger partial charge < -0.3 is 9.30 Å². The number of pyridine rings is 1. The molecule has 0 unspecified atom stereocenters. The summed E-state index contributed by atoms with van der Waals surface area (Å²) in [7, 11) is -3.52. The molecule has 0 bridgehead atoms. The normalized spacial score (nSPS) is 15.5. The van der Waals surface area contributed by atoms with Gasteiger partial charge in [-0.05, 0) is 41.8 Å². The first kappa shape index (κ1) is 23.1. The third-order valence-corrected chi connectivity index (χ3v) is 7.42. The molecule has 1 fully saturated rings. The van der Waals surface area contributed by atoms with E-state index in [4.69, 9.17) is 4.74 Å². The first-order chi connectivity index (χ1) is 16.0. The van der Waals surface area contributed by atoms with Crippen molar-refractivity contribution >= 4 is 15.9 Å². The number of aryl methyl sites for hydroxylation is 1. The molecule has 1 aromatic heterocycles. The van der Waals surface area contributed by atoms with Crippen LogP contribution >= 0.6 is 0 Å². The lowest BCUT2D eigenvalue weighted by atomic mass is 10.1. The number of carbonyl (C=O) groups is 1. The summed E-state index contributed by atoms with van der Waals surface area (Å²) < 4.78 is 34.1. The highest BCUT2D eigenvalue weighted by Crippen LogP contribution is 2.18. The number of sulfonamides is 1. The molecule has 0 N–H and O–H groups in total. The van der Waals surface area contributed by atoms with Gasteiger partial charge in [0.15, 0.2) is 0 Å². The van der Waals surface area contributed by atoms with Crippen LogP contribution in [0.3, 0.4) is 0 Å². The fourth-order valence-corrected chi connectivity index (χ4v) is 5.09. The van der Waals surface area contributed by atoms with Crippen LogP contribution in [0.5, 0.6) is 0 Å². The van der Waals surface area contributed by atoms with Gasteiger partial charge in [0.2, 0.25) is 15.9 Å². The Bertz CT molecular complexity index is 1250. The lowest BCUT2D eigenvalue weighted by Crippen LogP contribution is -2.40. The van der Waals surface area contributed by atoms with E-state index in [1.54, 1.807) is 24.3 Å². The number of rotatable bonds is 7. The topological polar surface area (TPSA) is 81.0 Å². The van der Waals surface area contributed by atoms with E-state index in [1.165, 1.54) is 4.31 Å². The van der Waals surface area contributed by atoms with E-state index >= 15 is 0 Å². The predicted molar refractivity (Wildman–Crippen MR) is 125 cm³/mol. The lowest BCUT2D eigenvalue weighted by molar-refractivity contribution is -0.118. The second-order valence-corrected chi connectivity index (χ2v) is 9.78. The number of hydrogen-bond acceptors (Lipinski definition) is 4. The molecule has 7 nitrogen and oxygen atoms in total. The van der Waals surface area contributed by atoms with Crippen molar-refractivity contribution in [3.05, 3.63) is 95.6 Å². The summed E-state index contributed by atoms with van der Waals surface area (Å²) in [5.74, 6) is -0.215. The van der Waals surface area contributed by atoms with E-state index < -0.39 is 10.0 Å². The van der Waals surface area contributed by atoms with Gasteiger partial charge in [0.25, 0.3) is 0 Å². The molecule has 1 saturated heterocycles. The first-order valence-electron chi connectivity index (χ1n) is 11.0. The highest BCUT2D eigenvalue weighted by molar-refractivity contribution is 7.89. The molecule has 2 heterocycles. The van der Waals surface area contributed by atoms with Crippen LogP contribution in [0.2, 0.25) is 0 Å². The number of nitrogens with zero attached hydrogens (tertiary/aromatic N) is 3. The molecule has 33 heavy (non-hydrogen) atoms. The van der Waals surface area contributed by atoms with Crippen molar-refractivity contribution in [1.82, 2.24) is 8.87 Å². The fourth-order valence-electron chi connectivity index (χ4n) is 3.68. The van der Waals surface area contributed by atoms with Gasteiger partial charge in [-0.3, -0.25) is 4.79 Å². The molecule has 0 radical (unpaired) electrons. The standard InChI is InChI=1S/C25H27N3O4S/c29-25(26-24-8-4-5-15-27(24)20-22-6-2-1-3-7-22)14-11-21-9-12-23(13-10-21)33(30,31)28-16-18-32-19-17-28/h1-10,12-13,15H,11,14,16-20H2. The maximum absolute atomic E-state index is 12.7. The minimum Gasteiger partial charge on any atom is -0.379 e. The molecule has 2 aromatic carbocycles. The van der Waals surface area contributed by atoms with Crippen LogP contribution in [0, 0.1) is 0 Å². The van der Waals surface area contributed by atoms with Gasteiger partial charge in [0.05, 0.1) is 18.1 Å². The van der Waals surface area contributed by atoms with Gasteiger partial charge in [-0.25, -0.2) is 8.42 Å². The Morgan fingerprint density at radius 3 is 2.30 bits per heavy atom. The van der Waals surface area contributed by atoms with Gasteiger partial charge in [0, 0.05) is 32.3 Å². The van der Waals surface area contributed by atoms with E-state index in [9.17, 15) is 13.2 Å². The maximum atomic E-state index is 12.7. The average Bonchev–Trinajstić information content (AvgIpc) is 2.85. The monoisotopic (exact) mass is 465 g/mol. The molecule has 3 aromatic rings. The molecular formula is C25H27N3O4S.